The van der Waals surface area contributed by atoms with Gasteiger partial charge in [0.25, 0.3) is 0 Å². The average molecular weight is 478 g/mol. The molecule has 13 heteroatoms. The highest BCUT2D eigenvalue weighted by atomic mass is 19.4. The molecule has 0 spiro atoms. The number of ether oxygens (including phenoxy) is 4. The van der Waals surface area contributed by atoms with Crippen molar-refractivity contribution in [2.75, 3.05) is 0 Å². The Kier molecular flexibility index (Phi) is 5.77. The standard InChI is InChI=1S/C20H12F6O7/c1-9(27)30-14-7-10(19(21,22)23)3-5-12(14)16(28)32-18(2)31-15-8-11(20(24,25)26)4-6-13(15)17(29)33-18/h3-8H,1-2H3/t18-/m0/s1. The number of fused-ring (bicyclic) bond motifs is 1. The summed E-state index contributed by atoms with van der Waals surface area (Å²) in [6.45, 7) is 1.75. The van der Waals surface area contributed by atoms with Gasteiger partial charge in [0.2, 0.25) is 0 Å². The molecule has 0 fully saturated rings. The molecular weight excluding hydrogens is 466 g/mol. The fraction of sp³-hybridized carbons (Fsp3) is 0.250. The minimum Gasteiger partial charge on any atom is -0.426 e. The molecule has 2 aromatic carbocycles. The molecule has 1 aliphatic rings. The predicted octanol–water partition coefficient (Wildman–Crippen LogP) is 4.73. The molecule has 1 heterocycles. The van der Waals surface area contributed by atoms with Gasteiger partial charge in [0, 0.05) is 6.92 Å². The summed E-state index contributed by atoms with van der Waals surface area (Å²) in [6, 6.07) is 3.43. The van der Waals surface area contributed by atoms with Crippen LogP contribution < -0.4 is 9.47 Å². The molecule has 0 aromatic heterocycles. The van der Waals surface area contributed by atoms with E-state index in [4.69, 9.17) is 14.2 Å². The molecule has 1 aliphatic heterocycles. The summed E-state index contributed by atoms with van der Waals surface area (Å²) in [4.78, 5) is 36.0. The lowest BCUT2D eigenvalue weighted by molar-refractivity contribution is -0.279. The summed E-state index contributed by atoms with van der Waals surface area (Å²) in [5, 5.41) is 0. The second kappa shape index (κ2) is 7.98. The maximum absolute atomic E-state index is 13.0. The third kappa shape index (κ3) is 5.18. The van der Waals surface area contributed by atoms with E-state index < -0.39 is 64.4 Å². The Hall–Kier alpha value is -3.77. The van der Waals surface area contributed by atoms with Gasteiger partial charge >= 0.3 is 36.2 Å². The lowest BCUT2D eigenvalue weighted by atomic mass is 10.1. The minimum absolute atomic E-state index is 0.374. The van der Waals surface area contributed by atoms with Crippen LogP contribution in [-0.2, 0) is 26.6 Å². The van der Waals surface area contributed by atoms with E-state index in [1.807, 2.05) is 0 Å². The summed E-state index contributed by atoms with van der Waals surface area (Å²) in [5.41, 5.74) is -3.46. The number of halogens is 6. The molecule has 0 saturated heterocycles. The molecule has 0 amide bonds. The third-order valence-electron chi connectivity index (χ3n) is 4.16. The Labute approximate surface area is 180 Å². The lowest BCUT2D eigenvalue weighted by Gasteiger charge is -2.33. The number of rotatable bonds is 3. The van der Waals surface area contributed by atoms with Gasteiger partial charge in [-0.1, -0.05) is 0 Å². The van der Waals surface area contributed by atoms with Gasteiger partial charge in [-0.15, -0.1) is 0 Å². The normalized spacial score (nSPS) is 18.0. The summed E-state index contributed by atoms with van der Waals surface area (Å²) in [6.07, 6.45) is -9.60. The maximum atomic E-state index is 13.0. The Morgan fingerprint density at radius 3 is 2.06 bits per heavy atom. The number of esters is 3. The Morgan fingerprint density at radius 2 is 1.48 bits per heavy atom. The highest BCUT2D eigenvalue weighted by molar-refractivity contribution is 5.95. The van der Waals surface area contributed by atoms with Gasteiger partial charge in [-0.3, -0.25) is 4.79 Å². The first kappa shape index (κ1) is 23.9. The van der Waals surface area contributed by atoms with Gasteiger partial charge in [0.15, 0.2) is 0 Å². The Balaban J connectivity index is 1.93. The van der Waals surface area contributed by atoms with E-state index >= 15 is 0 Å². The number of hydrogen-bond donors (Lipinski definition) is 0. The van der Waals surface area contributed by atoms with E-state index in [0.717, 1.165) is 19.9 Å². The molecule has 33 heavy (non-hydrogen) atoms. The van der Waals surface area contributed by atoms with Crippen molar-refractivity contribution in [1.82, 2.24) is 0 Å². The van der Waals surface area contributed by atoms with Crippen LogP contribution >= 0.6 is 0 Å². The maximum Gasteiger partial charge on any atom is 0.418 e. The zero-order valence-electron chi connectivity index (χ0n) is 16.6. The van der Waals surface area contributed by atoms with Crippen LogP contribution in [0.15, 0.2) is 36.4 Å². The number of carbonyl (C=O) groups is 3. The van der Waals surface area contributed by atoms with Crippen LogP contribution in [0.2, 0.25) is 0 Å². The zero-order valence-corrected chi connectivity index (χ0v) is 16.6. The van der Waals surface area contributed by atoms with Crippen LogP contribution in [0.4, 0.5) is 26.3 Å². The molecule has 1 atom stereocenters. The van der Waals surface area contributed by atoms with Crippen LogP contribution in [0.5, 0.6) is 11.5 Å². The van der Waals surface area contributed by atoms with E-state index in [1.165, 1.54) is 0 Å². The summed E-state index contributed by atoms with van der Waals surface area (Å²) in [7, 11) is 0. The van der Waals surface area contributed by atoms with E-state index in [1.54, 1.807) is 0 Å². The number of hydrogen-bond acceptors (Lipinski definition) is 7. The predicted molar refractivity (Wildman–Crippen MR) is 94.1 cm³/mol. The summed E-state index contributed by atoms with van der Waals surface area (Å²) >= 11 is 0. The molecule has 0 bridgehead atoms. The summed E-state index contributed by atoms with van der Waals surface area (Å²) in [5.74, 6) is -7.69. The Morgan fingerprint density at radius 1 is 0.909 bits per heavy atom. The first-order chi connectivity index (χ1) is 15.1. The van der Waals surface area contributed by atoms with Crippen LogP contribution in [-0.4, -0.2) is 23.9 Å². The van der Waals surface area contributed by atoms with Gasteiger partial charge in [0.1, 0.15) is 22.6 Å². The molecule has 2 aromatic rings. The smallest absolute Gasteiger partial charge is 0.418 e. The van der Waals surface area contributed by atoms with E-state index in [9.17, 15) is 40.7 Å². The van der Waals surface area contributed by atoms with E-state index in [-0.39, 0.29) is 5.56 Å². The van der Waals surface area contributed by atoms with Crippen molar-refractivity contribution in [2.24, 2.45) is 0 Å². The van der Waals surface area contributed by atoms with E-state index in [2.05, 4.69) is 4.74 Å². The van der Waals surface area contributed by atoms with Gasteiger partial charge < -0.3 is 18.9 Å². The molecule has 7 nitrogen and oxygen atoms in total. The van der Waals surface area contributed by atoms with Crippen molar-refractivity contribution < 1.29 is 59.7 Å². The van der Waals surface area contributed by atoms with Crippen molar-refractivity contribution in [2.45, 2.75) is 32.2 Å². The fourth-order valence-electron chi connectivity index (χ4n) is 2.77. The summed E-state index contributed by atoms with van der Waals surface area (Å²) < 4.78 is 97.3. The second-order valence-corrected chi connectivity index (χ2v) is 6.75. The van der Waals surface area contributed by atoms with Crippen LogP contribution in [0, 0.1) is 0 Å². The lowest BCUT2D eigenvalue weighted by Crippen LogP contribution is -2.46. The van der Waals surface area contributed by atoms with Crippen molar-refractivity contribution in [3.8, 4) is 11.5 Å². The molecule has 0 saturated carbocycles. The molecule has 0 N–H and O–H groups in total. The Bertz CT molecular complexity index is 1140. The fourth-order valence-corrected chi connectivity index (χ4v) is 2.77. The molecular formula is C20H12F6O7. The second-order valence-electron chi connectivity index (χ2n) is 6.75. The topological polar surface area (TPSA) is 88.1 Å². The van der Waals surface area contributed by atoms with Crippen LogP contribution in [0.25, 0.3) is 0 Å². The van der Waals surface area contributed by atoms with Crippen LogP contribution in [0.1, 0.15) is 45.7 Å². The number of cyclic esters (lactones) is 1. The quantitative estimate of drug-likeness (QED) is 0.358. The number of benzene rings is 2. The highest BCUT2D eigenvalue weighted by Crippen LogP contribution is 2.39. The molecule has 3 rings (SSSR count). The third-order valence-corrected chi connectivity index (χ3v) is 4.16. The highest BCUT2D eigenvalue weighted by Gasteiger charge is 2.44. The first-order valence-corrected chi connectivity index (χ1v) is 8.86. The van der Waals surface area contributed by atoms with Crippen molar-refractivity contribution in [3.05, 3.63) is 58.7 Å². The molecule has 0 unspecified atom stereocenters. The van der Waals surface area contributed by atoms with Gasteiger partial charge in [-0.25, -0.2) is 9.59 Å². The largest absolute Gasteiger partial charge is 0.426 e. The molecule has 0 radical (unpaired) electrons. The minimum atomic E-state index is -4.83. The number of alkyl halides is 6. The van der Waals surface area contributed by atoms with Crippen molar-refractivity contribution in [1.29, 1.82) is 0 Å². The SMILES string of the molecule is CC(=O)Oc1cc(C(F)(F)F)ccc1C(=O)O[C@@]1(C)OC(=O)c2ccc(C(F)(F)F)cc2O1. The van der Waals surface area contributed by atoms with Crippen LogP contribution in [0.3, 0.4) is 0 Å². The van der Waals surface area contributed by atoms with Gasteiger partial charge in [0.05, 0.1) is 18.1 Å². The van der Waals surface area contributed by atoms with Gasteiger partial charge in [-0.2, -0.15) is 26.3 Å². The van der Waals surface area contributed by atoms with Crippen molar-refractivity contribution >= 4 is 17.9 Å². The molecule has 176 valence electrons. The number of carbonyl (C=O) groups excluding carboxylic acids is 3. The molecule has 0 aliphatic carbocycles. The van der Waals surface area contributed by atoms with E-state index in [0.29, 0.717) is 30.3 Å². The van der Waals surface area contributed by atoms with Gasteiger partial charge in [-0.05, 0) is 36.4 Å². The average Bonchev–Trinajstić information content (AvgIpc) is 2.65. The first-order valence-electron chi connectivity index (χ1n) is 8.86. The van der Waals surface area contributed by atoms with Crippen molar-refractivity contribution in [3.63, 3.8) is 0 Å². The monoisotopic (exact) mass is 478 g/mol. The zero-order chi connectivity index (χ0) is 24.8.